The third-order valence-electron chi connectivity index (χ3n) is 5.82. The van der Waals surface area contributed by atoms with Crippen molar-refractivity contribution < 1.29 is 29.7 Å². The number of ketones is 1. The number of aliphatic hydroxyl groups excluding tert-OH is 2. The Morgan fingerprint density at radius 3 is 2.57 bits per heavy atom. The number of carboxylic acid groups (broad SMARTS) is 1. The minimum absolute atomic E-state index is 0.0354. The van der Waals surface area contributed by atoms with Crippen LogP contribution in [0.5, 0.6) is 0 Å². The number of hydrogen-bond acceptors (Lipinski definition) is 5. The molecule has 0 bridgehead atoms. The highest BCUT2D eigenvalue weighted by Crippen LogP contribution is 2.34. The molecule has 1 amide bonds. The fraction of sp³-hybridized carbons (Fsp3) is 0.783. The van der Waals surface area contributed by atoms with Gasteiger partial charge in [0, 0.05) is 18.8 Å². The molecular weight excluding hydrogens is 386 g/mol. The van der Waals surface area contributed by atoms with Gasteiger partial charge in [-0.1, -0.05) is 57.6 Å². The summed E-state index contributed by atoms with van der Waals surface area (Å²) in [6, 6.07) is -1.25. The molecule has 172 valence electrons. The Labute approximate surface area is 179 Å². The van der Waals surface area contributed by atoms with Gasteiger partial charge in [-0.25, -0.2) is 4.79 Å². The summed E-state index contributed by atoms with van der Waals surface area (Å²) < 4.78 is 0. The van der Waals surface area contributed by atoms with E-state index in [9.17, 15) is 19.5 Å². The number of amides is 1. The lowest BCUT2D eigenvalue weighted by Crippen LogP contribution is -2.43. The van der Waals surface area contributed by atoms with E-state index >= 15 is 0 Å². The molecular formula is C23H39NO6. The molecule has 2 unspecified atom stereocenters. The van der Waals surface area contributed by atoms with Gasteiger partial charge in [-0.05, 0) is 31.6 Å². The van der Waals surface area contributed by atoms with Gasteiger partial charge in [0.1, 0.15) is 11.8 Å². The highest BCUT2D eigenvalue weighted by Gasteiger charge is 2.32. The van der Waals surface area contributed by atoms with Gasteiger partial charge in [0.2, 0.25) is 5.91 Å². The number of Topliss-reactive ketones (excluding diaryl/α,β-unsaturated/α-hetero) is 1. The molecule has 0 aromatic rings. The molecule has 0 aliphatic heterocycles. The van der Waals surface area contributed by atoms with E-state index in [1.807, 2.05) is 12.2 Å². The Kier molecular flexibility index (Phi) is 13.3. The van der Waals surface area contributed by atoms with Crippen LogP contribution in [0.2, 0.25) is 0 Å². The van der Waals surface area contributed by atoms with Crippen molar-refractivity contribution in [3.8, 4) is 0 Å². The lowest BCUT2D eigenvalue weighted by Gasteiger charge is -2.15. The second-order valence-corrected chi connectivity index (χ2v) is 8.32. The average molecular weight is 426 g/mol. The van der Waals surface area contributed by atoms with Crippen molar-refractivity contribution in [3.63, 3.8) is 0 Å². The van der Waals surface area contributed by atoms with Gasteiger partial charge in [-0.15, -0.1) is 0 Å². The Balaban J connectivity index is 2.24. The van der Waals surface area contributed by atoms with Crippen LogP contribution in [0.25, 0.3) is 0 Å². The number of hydrogen-bond donors (Lipinski definition) is 4. The standard InChI is InChI=1S/C23H39NO6/c1-2-3-6-9-18(26)14-12-17-13-15-21(27)19(17)10-7-4-5-8-11-22(28)24-20(16-25)23(29)30/h12,14,17-20,25-26H,2-11,13,15-16H2,1H3,(H,24,28)(H,29,30)/b14-12+/t17?,18-,19+,20?/m0/s1. The van der Waals surface area contributed by atoms with E-state index in [1.54, 1.807) is 0 Å². The number of allylic oxidation sites excluding steroid dienone is 1. The van der Waals surface area contributed by atoms with E-state index in [-0.39, 0.29) is 24.2 Å². The summed E-state index contributed by atoms with van der Waals surface area (Å²) >= 11 is 0. The minimum atomic E-state index is -1.25. The largest absolute Gasteiger partial charge is 0.480 e. The van der Waals surface area contributed by atoms with Crippen LogP contribution < -0.4 is 5.32 Å². The Morgan fingerprint density at radius 2 is 1.90 bits per heavy atom. The summed E-state index contributed by atoms with van der Waals surface area (Å²) in [5, 5.41) is 30.1. The zero-order valence-corrected chi connectivity index (χ0v) is 18.2. The fourth-order valence-electron chi connectivity index (χ4n) is 3.97. The van der Waals surface area contributed by atoms with Crippen molar-refractivity contribution in [1.29, 1.82) is 0 Å². The molecule has 0 spiro atoms. The van der Waals surface area contributed by atoms with E-state index in [0.29, 0.717) is 18.6 Å². The first-order valence-electron chi connectivity index (χ1n) is 11.4. The number of carboxylic acids is 1. The van der Waals surface area contributed by atoms with Crippen LogP contribution in [0.4, 0.5) is 0 Å². The fourth-order valence-corrected chi connectivity index (χ4v) is 3.97. The molecule has 30 heavy (non-hydrogen) atoms. The number of nitrogens with one attached hydrogen (secondary N) is 1. The molecule has 1 fully saturated rings. The van der Waals surface area contributed by atoms with Crippen LogP contribution in [0, 0.1) is 11.8 Å². The zero-order valence-electron chi connectivity index (χ0n) is 18.2. The van der Waals surface area contributed by atoms with Gasteiger partial charge < -0.3 is 20.6 Å². The van der Waals surface area contributed by atoms with Crippen molar-refractivity contribution in [2.45, 2.75) is 96.1 Å². The molecule has 7 nitrogen and oxygen atoms in total. The maximum atomic E-state index is 12.2. The maximum absolute atomic E-state index is 12.2. The number of carbonyl (C=O) groups excluding carboxylic acids is 2. The van der Waals surface area contributed by atoms with Gasteiger partial charge in [-0.3, -0.25) is 9.59 Å². The van der Waals surface area contributed by atoms with Crippen molar-refractivity contribution in [3.05, 3.63) is 12.2 Å². The summed E-state index contributed by atoms with van der Waals surface area (Å²) in [4.78, 5) is 34.7. The SMILES string of the molecule is CCCCC[C@H](O)/C=C/C1CCC(=O)[C@@H]1CCCCCCC(=O)NC(CO)C(=O)O. The topological polar surface area (TPSA) is 124 Å². The summed E-state index contributed by atoms with van der Waals surface area (Å²) in [6.07, 6.45) is 13.4. The molecule has 0 aromatic carbocycles. The van der Waals surface area contributed by atoms with Crippen molar-refractivity contribution in [2.24, 2.45) is 11.8 Å². The molecule has 7 heteroatoms. The van der Waals surface area contributed by atoms with Crippen LogP contribution in [0.15, 0.2) is 12.2 Å². The van der Waals surface area contributed by atoms with Gasteiger partial charge in [0.15, 0.2) is 0 Å². The zero-order chi connectivity index (χ0) is 22.4. The molecule has 0 heterocycles. The molecule has 0 aromatic heterocycles. The first-order valence-corrected chi connectivity index (χ1v) is 11.4. The third-order valence-corrected chi connectivity index (χ3v) is 5.82. The van der Waals surface area contributed by atoms with E-state index in [1.165, 1.54) is 0 Å². The van der Waals surface area contributed by atoms with Crippen LogP contribution in [0.1, 0.15) is 84.0 Å². The van der Waals surface area contributed by atoms with E-state index in [4.69, 9.17) is 10.2 Å². The first kappa shape index (κ1) is 26.3. The quantitative estimate of drug-likeness (QED) is 0.223. The number of carbonyl (C=O) groups is 3. The van der Waals surface area contributed by atoms with Crippen molar-refractivity contribution in [1.82, 2.24) is 5.32 Å². The third kappa shape index (κ3) is 10.3. The van der Waals surface area contributed by atoms with Gasteiger partial charge in [-0.2, -0.15) is 0 Å². The highest BCUT2D eigenvalue weighted by molar-refractivity contribution is 5.84. The second kappa shape index (κ2) is 15.1. The molecule has 1 rings (SSSR count). The Bertz CT molecular complexity index is 562. The second-order valence-electron chi connectivity index (χ2n) is 8.32. The molecule has 1 aliphatic carbocycles. The van der Waals surface area contributed by atoms with Crippen molar-refractivity contribution in [2.75, 3.05) is 6.61 Å². The van der Waals surface area contributed by atoms with Crippen molar-refractivity contribution >= 4 is 17.7 Å². The van der Waals surface area contributed by atoms with Crippen LogP contribution in [0.3, 0.4) is 0 Å². The van der Waals surface area contributed by atoms with Crippen LogP contribution >= 0.6 is 0 Å². The molecule has 0 radical (unpaired) electrons. The highest BCUT2D eigenvalue weighted by atomic mass is 16.4. The predicted octanol–water partition coefficient (Wildman–Crippen LogP) is 2.98. The molecule has 4 atom stereocenters. The van der Waals surface area contributed by atoms with Gasteiger partial charge in [0.25, 0.3) is 0 Å². The average Bonchev–Trinajstić information content (AvgIpc) is 3.06. The van der Waals surface area contributed by atoms with E-state index in [2.05, 4.69) is 12.2 Å². The minimum Gasteiger partial charge on any atom is -0.480 e. The maximum Gasteiger partial charge on any atom is 0.328 e. The smallest absolute Gasteiger partial charge is 0.328 e. The van der Waals surface area contributed by atoms with E-state index < -0.39 is 24.7 Å². The molecule has 1 saturated carbocycles. The summed E-state index contributed by atoms with van der Waals surface area (Å²) in [5.74, 6) is -1.05. The van der Waals surface area contributed by atoms with Gasteiger partial charge >= 0.3 is 5.97 Å². The van der Waals surface area contributed by atoms with Crippen LogP contribution in [-0.4, -0.2) is 51.7 Å². The van der Waals surface area contributed by atoms with Crippen LogP contribution in [-0.2, 0) is 14.4 Å². The summed E-state index contributed by atoms with van der Waals surface area (Å²) in [7, 11) is 0. The van der Waals surface area contributed by atoms with Gasteiger partial charge in [0.05, 0.1) is 12.7 Å². The van der Waals surface area contributed by atoms with E-state index in [0.717, 1.165) is 57.8 Å². The lowest BCUT2D eigenvalue weighted by atomic mass is 9.89. The number of unbranched alkanes of at least 4 members (excludes halogenated alkanes) is 5. The normalized spacial score (nSPS) is 21.1. The summed E-state index contributed by atoms with van der Waals surface area (Å²) in [6.45, 7) is 1.51. The Hall–Kier alpha value is -1.73. The monoisotopic (exact) mass is 425 g/mol. The summed E-state index contributed by atoms with van der Waals surface area (Å²) in [5.41, 5.74) is 0. The Morgan fingerprint density at radius 1 is 1.17 bits per heavy atom. The first-order chi connectivity index (χ1) is 14.4. The molecule has 4 N–H and O–H groups in total. The number of aliphatic carboxylic acids is 1. The molecule has 1 aliphatic rings. The number of aliphatic hydroxyl groups is 2. The number of rotatable bonds is 16. The predicted molar refractivity (Wildman–Crippen MR) is 115 cm³/mol. The lowest BCUT2D eigenvalue weighted by molar-refractivity contribution is -0.143. The molecule has 0 saturated heterocycles.